The average molecular weight is 244 g/mol. The molecule has 1 unspecified atom stereocenters. The second kappa shape index (κ2) is 4.88. The summed E-state index contributed by atoms with van der Waals surface area (Å²) in [6.07, 6.45) is 7.14. The first-order chi connectivity index (χ1) is 8.65. The van der Waals surface area contributed by atoms with Gasteiger partial charge in [-0.25, -0.2) is 9.78 Å². The maximum atomic E-state index is 11.7. The van der Waals surface area contributed by atoms with Crippen molar-refractivity contribution in [1.82, 2.24) is 4.98 Å². The van der Waals surface area contributed by atoms with Crippen LogP contribution in [0.15, 0.2) is 18.3 Å². The number of amides is 1. The highest BCUT2D eigenvalue weighted by molar-refractivity contribution is 5.96. The summed E-state index contributed by atoms with van der Waals surface area (Å²) < 4.78 is 4.55. The maximum absolute atomic E-state index is 11.7. The van der Waals surface area contributed by atoms with Crippen LogP contribution in [-0.2, 0) is 9.53 Å². The van der Waals surface area contributed by atoms with Crippen molar-refractivity contribution in [3.05, 3.63) is 24.0 Å². The highest BCUT2D eigenvalue weighted by Gasteiger charge is 2.29. The molecule has 0 N–H and O–H groups in total. The second-order valence-corrected chi connectivity index (χ2v) is 3.97. The fraction of sp³-hybridized carbons (Fsp3) is 0.308. The SMILES string of the molecule is C#CC1CC(=O)N(c2ccc(C(=O)OC)nc2)C1. The van der Waals surface area contributed by atoms with Crippen LogP contribution in [0.3, 0.4) is 0 Å². The third-order valence-electron chi connectivity index (χ3n) is 2.81. The molecule has 2 rings (SSSR count). The van der Waals surface area contributed by atoms with E-state index in [0.29, 0.717) is 18.7 Å². The summed E-state index contributed by atoms with van der Waals surface area (Å²) in [5, 5.41) is 0. The summed E-state index contributed by atoms with van der Waals surface area (Å²) in [7, 11) is 1.29. The Labute approximate surface area is 105 Å². The van der Waals surface area contributed by atoms with Crippen molar-refractivity contribution in [3.8, 4) is 12.3 Å². The molecule has 5 heteroatoms. The van der Waals surface area contributed by atoms with Crippen molar-refractivity contribution in [2.75, 3.05) is 18.6 Å². The summed E-state index contributed by atoms with van der Waals surface area (Å²) in [4.78, 5) is 28.5. The Morgan fingerprint density at radius 1 is 1.61 bits per heavy atom. The third-order valence-corrected chi connectivity index (χ3v) is 2.81. The number of ether oxygens (including phenoxy) is 1. The standard InChI is InChI=1S/C13H12N2O3/c1-3-9-6-12(16)15(8-9)10-4-5-11(14-7-10)13(17)18-2/h1,4-5,7,9H,6,8H2,2H3. The van der Waals surface area contributed by atoms with E-state index in [4.69, 9.17) is 6.42 Å². The van der Waals surface area contributed by atoms with Crippen LogP contribution in [0.4, 0.5) is 5.69 Å². The first kappa shape index (κ1) is 12.1. The number of aromatic nitrogens is 1. The van der Waals surface area contributed by atoms with Crippen LogP contribution in [0.2, 0.25) is 0 Å². The number of carbonyl (C=O) groups excluding carboxylic acids is 2. The Balaban J connectivity index is 2.18. The first-order valence-corrected chi connectivity index (χ1v) is 5.46. The van der Waals surface area contributed by atoms with E-state index < -0.39 is 5.97 Å². The normalized spacial score (nSPS) is 18.6. The predicted molar refractivity (Wildman–Crippen MR) is 64.9 cm³/mol. The highest BCUT2D eigenvalue weighted by atomic mass is 16.5. The van der Waals surface area contributed by atoms with Gasteiger partial charge in [-0.05, 0) is 12.1 Å². The van der Waals surface area contributed by atoms with E-state index >= 15 is 0 Å². The molecule has 1 amide bonds. The van der Waals surface area contributed by atoms with Crippen molar-refractivity contribution >= 4 is 17.6 Å². The molecule has 2 heterocycles. The van der Waals surface area contributed by atoms with Crippen molar-refractivity contribution < 1.29 is 14.3 Å². The number of methoxy groups -OCH3 is 1. The first-order valence-electron chi connectivity index (χ1n) is 5.46. The molecule has 1 aliphatic heterocycles. The summed E-state index contributed by atoms with van der Waals surface area (Å²) >= 11 is 0. The van der Waals surface area contributed by atoms with E-state index in [9.17, 15) is 9.59 Å². The van der Waals surface area contributed by atoms with Crippen molar-refractivity contribution in [2.45, 2.75) is 6.42 Å². The van der Waals surface area contributed by atoms with E-state index in [2.05, 4.69) is 15.6 Å². The molecule has 0 spiro atoms. The Bertz CT molecular complexity index is 516. The van der Waals surface area contributed by atoms with Crippen LogP contribution in [-0.4, -0.2) is 30.5 Å². The van der Waals surface area contributed by atoms with Gasteiger partial charge >= 0.3 is 5.97 Å². The Morgan fingerprint density at radius 2 is 2.39 bits per heavy atom. The number of pyridine rings is 1. The van der Waals surface area contributed by atoms with Gasteiger partial charge in [0.2, 0.25) is 5.91 Å². The van der Waals surface area contributed by atoms with E-state index in [1.807, 2.05) is 0 Å². The van der Waals surface area contributed by atoms with Crippen molar-refractivity contribution in [2.24, 2.45) is 5.92 Å². The van der Waals surface area contributed by atoms with Crippen molar-refractivity contribution in [3.63, 3.8) is 0 Å². The van der Waals surface area contributed by atoms with E-state index in [-0.39, 0.29) is 17.5 Å². The average Bonchev–Trinajstić information content (AvgIpc) is 2.79. The van der Waals surface area contributed by atoms with E-state index in [1.165, 1.54) is 19.4 Å². The van der Waals surface area contributed by atoms with Crippen LogP contribution >= 0.6 is 0 Å². The lowest BCUT2D eigenvalue weighted by Crippen LogP contribution is -2.24. The monoisotopic (exact) mass is 244 g/mol. The number of esters is 1. The fourth-order valence-electron chi connectivity index (χ4n) is 1.84. The topological polar surface area (TPSA) is 59.5 Å². The molecule has 0 aromatic carbocycles. The van der Waals surface area contributed by atoms with Gasteiger partial charge in [-0.2, -0.15) is 0 Å². The Morgan fingerprint density at radius 3 is 2.89 bits per heavy atom. The largest absolute Gasteiger partial charge is 0.464 e. The molecule has 1 aromatic heterocycles. The number of nitrogens with zero attached hydrogens (tertiary/aromatic N) is 2. The number of hydrogen-bond donors (Lipinski definition) is 0. The molecular weight excluding hydrogens is 232 g/mol. The molecule has 1 aliphatic rings. The van der Waals surface area contributed by atoms with Gasteiger partial charge in [-0.3, -0.25) is 4.79 Å². The lowest BCUT2D eigenvalue weighted by molar-refractivity contribution is -0.117. The molecule has 0 radical (unpaired) electrons. The van der Waals surface area contributed by atoms with Gasteiger partial charge in [0, 0.05) is 18.9 Å². The molecule has 1 aromatic rings. The smallest absolute Gasteiger partial charge is 0.356 e. The summed E-state index contributed by atoms with van der Waals surface area (Å²) in [6.45, 7) is 0.495. The molecular formula is C13H12N2O3. The zero-order chi connectivity index (χ0) is 13.1. The van der Waals surface area contributed by atoms with Crippen LogP contribution < -0.4 is 4.90 Å². The van der Waals surface area contributed by atoms with Gasteiger partial charge < -0.3 is 9.64 Å². The Hall–Kier alpha value is -2.35. The van der Waals surface area contributed by atoms with Gasteiger partial charge in [-0.1, -0.05) is 0 Å². The molecule has 1 saturated heterocycles. The molecule has 1 atom stereocenters. The zero-order valence-electron chi connectivity index (χ0n) is 9.92. The lowest BCUT2D eigenvalue weighted by atomic mass is 10.1. The van der Waals surface area contributed by atoms with E-state index in [0.717, 1.165) is 0 Å². The minimum Gasteiger partial charge on any atom is -0.464 e. The maximum Gasteiger partial charge on any atom is 0.356 e. The van der Waals surface area contributed by atoms with Crippen LogP contribution in [0.5, 0.6) is 0 Å². The van der Waals surface area contributed by atoms with Crippen molar-refractivity contribution in [1.29, 1.82) is 0 Å². The Kier molecular flexibility index (Phi) is 3.28. The fourth-order valence-corrected chi connectivity index (χ4v) is 1.84. The van der Waals surface area contributed by atoms with Crippen LogP contribution in [0.25, 0.3) is 0 Å². The summed E-state index contributed by atoms with van der Waals surface area (Å²) in [5.41, 5.74) is 0.854. The minimum atomic E-state index is -0.504. The highest BCUT2D eigenvalue weighted by Crippen LogP contribution is 2.24. The van der Waals surface area contributed by atoms with E-state index in [1.54, 1.807) is 11.0 Å². The number of anilines is 1. The van der Waals surface area contributed by atoms with Gasteiger partial charge in [0.25, 0.3) is 0 Å². The second-order valence-electron chi connectivity index (χ2n) is 3.97. The van der Waals surface area contributed by atoms with Gasteiger partial charge in [0.05, 0.1) is 19.0 Å². The van der Waals surface area contributed by atoms with Crippen LogP contribution in [0, 0.1) is 18.3 Å². The van der Waals surface area contributed by atoms with Gasteiger partial charge in [0.15, 0.2) is 0 Å². The number of carbonyl (C=O) groups is 2. The minimum absolute atomic E-state index is 0.0226. The number of terminal acetylenes is 1. The summed E-state index contributed by atoms with van der Waals surface area (Å²) in [5.74, 6) is 1.99. The lowest BCUT2D eigenvalue weighted by Gasteiger charge is -2.15. The summed E-state index contributed by atoms with van der Waals surface area (Å²) in [6, 6.07) is 3.19. The molecule has 0 aliphatic carbocycles. The molecule has 18 heavy (non-hydrogen) atoms. The van der Waals surface area contributed by atoms with Gasteiger partial charge in [0.1, 0.15) is 5.69 Å². The van der Waals surface area contributed by atoms with Gasteiger partial charge in [-0.15, -0.1) is 12.3 Å². The molecule has 5 nitrogen and oxygen atoms in total. The molecule has 0 saturated carbocycles. The van der Waals surface area contributed by atoms with Crippen LogP contribution in [0.1, 0.15) is 16.9 Å². The number of rotatable bonds is 2. The third kappa shape index (κ3) is 2.18. The molecule has 1 fully saturated rings. The molecule has 0 bridgehead atoms. The number of hydrogen-bond acceptors (Lipinski definition) is 4. The molecule has 92 valence electrons. The quantitative estimate of drug-likeness (QED) is 0.571. The predicted octanol–water partition coefficient (Wildman–Crippen LogP) is 0.854. The zero-order valence-corrected chi connectivity index (χ0v) is 9.92.